The molecule has 0 fully saturated rings. The van der Waals surface area contributed by atoms with Gasteiger partial charge in [-0.25, -0.2) is 0 Å². The predicted octanol–water partition coefficient (Wildman–Crippen LogP) is 4.56. The fourth-order valence-electron chi connectivity index (χ4n) is 2.42. The SMILES string of the molecule is COc1ccc(CC(=O)Nc2ccc(SCc3cccnc3)cc2)cc1. The first-order valence-corrected chi connectivity index (χ1v) is 9.26. The van der Waals surface area contributed by atoms with E-state index in [0.29, 0.717) is 6.42 Å². The lowest BCUT2D eigenvalue weighted by Crippen LogP contribution is -2.14. The van der Waals surface area contributed by atoms with Crippen molar-refractivity contribution in [2.24, 2.45) is 0 Å². The average molecular weight is 364 g/mol. The molecule has 3 rings (SSSR count). The zero-order valence-corrected chi connectivity index (χ0v) is 15.3. The summed E-state index contributed by atoms with van der Waals surface area (Å²) in [5.74, 6) is 1.62. The summed E-state index contributed by atoms with van der Waals surface area (Å²) in [6.45, 7) is 0. The maximum atomic E-state index is 12.2. The Bertz CT molecular complexity index is 834. The van der Waals surface area contributed by atoms with Crippen molar-refractivity contribution in [3.8, 4) is 5.75 Å². The topological polar surface area (TPSA) is 51.2 Å². The maximum absolute atomic E-state index is 12.2. The number of aromatic nitrogens is 1. The first-order chi connectivity index (χ1) is 12.7. The number of hydrogen-bond donors (Lipinski definition) is 1. The molecule has 0 saturated heterocycles. The number of methoxy groups -OCH3 is 1. The molecule has 1 heterocycles. The molecule has 0 aliphatic rings. The third-order valence-electron chi connectivity index (χ3n) is 3.79. The van der Waals surface area contributed by atoms with Crippen LogP contribution in [0.15, 0.2) is 78.0 Å². The van der Waals surface area contributed by atoms with Crippen LogP contribution < -0.4 is 10.1 Å². The molecular formula is C21H20N2O2S. The number of amides is 1. The van der Waals surface area contributed by atoms with Crippen molar-refractivity contribution in [3.63, 3.8) is 0 Å². The van der Waals surface area contributed by atoms with Crippen molar-refractivity contribution in [3.05, 3.63) is 84.2 Å². The highest BCUT2D eigenvalue weighted by atomic mass is 32.2. The second kappa shape index (κ2) is 9.06. The minimum Gasteiger partial charge on any atom is -0.497 e. The lowest BCUT2D eigenvalue weighted by Gasteiger charge is -2.07. The highest BCUT2D eigenvalue weighted by Gasteiger charge is 2.05. The van der Waals surface area contributed by atoms with E-state index in [1.54, 1.807) is 25.1 Å². The zero-order chi connectivity index (χ0) is 18.2. The molecule has 0 aliphatic carbocycles. The number of carbonyl (C=O) groups is 1. The first-order valence-electron chi connectivity index (χ1n) is 8.27. The van der Waals surface area contributed by atoms with E-state index in [2.05, 4.69) is 16.4 Å². The van der Waals surface area contributed by atoms with Gasteiger partial charge < -0.3 is 10.1 Å². The maximum Gasteiger partial charge on any atom is 0.228 e. The van der Waals surface area contributed by atoms with Crippen LogP contribution in [0.1, 0.15) is 11.1 Å². The van der Waals surface area contributed by atoms with Crippen LogP contribution in [-0.4, -0.2) is 18.0 Å². The van der Waals surface area contributed by atoms with Crippen molar-refractivity contribution in [1.82, 2.24) is 4.98 Å². The standard InChI is InChI=1S/C21H20N2O2S/c1-25-19-8-4-16(5-9-19)13-21(24)23-18-6-10-20(11-7-18)26-15-17-3-2-12-22-14-17/h2-12,14H,13,15H2,1H3,(H,23,24). The molecule has 2 aromatic carbocycles. The van der Waals surface area contributed by atoms with Crippen molar-refractivity contribution in [2.75, 3.05) is 12.4 Å². The van der Waals surface area contributed by atoms with E-state index in [4.69, 9.17) is 4.74 Å². The van der Waals surface area contributed by atoms with E-state index in [-0.39, 0.29) is 5.91 Å². The highest BCUT2D eigenvalue weighted by Crippen LogP contribution is 2.24. The molecule has 26 heavy (non-hydrogen) atoms. The molecule has 0 spiro atoms. The smallest absolute Gasteiger partial charge is 0.228 e. The van der Waals surface area contributed by atoms with E-state index < -0.39 is 0 Å². The Morgan fingerprint density at radius 1 is 1.04 bits per heavy atom. The van der Waals surface area contributed by atoms with E-state index in [1.165, 1.54) is 5.56 Å². The Hall–Kier alpha value is -2.79. The Labute approximate surface area is 157 Å². The van der Waals surface area contributed by atoms with Gasteiger partial charge in [0.05, 0.1) is 13.5 Å². The van der Waals surface area contributed by atoms with Crippen molar-refractivity contribution in [2.45, 2.75) is 17.1 Å². The van der Waals surface area contributed by atoms with Gasteiger partial charge in [0.2, 0.25) is 5.91 Å². The van der Waals surface area contributed by atoms with E-state index in [0.717, 1.165) is 27.6 Å². The molecule has 3 aromatic rings. The third kappa shape index (κ3) is 5.36. The molecule has 0 saturated carbocycles. The molecular weight excluding hydrogens is 344 g/mol. The third-order valence-corrected chi connectivity index (χ3v) is 4.87. The summed E-state index contributed by atoms with van der Waals surface area (Å²) in [5, 5.41) is 2.93. The van der Waals surface area contributed by atoms with Gasteiger partial charge >= 0.3 is 0 Å². The van der Waals surface area contributed by atoms with Gasteiger partial charge in [0, 0.05) is 28.7 Å². The molecule has 0 aliphatic heterocycles. The second-order valence-electron chi connectivity index (χ2n) is 5.75. The number of anilines is 1. The summed E-state index contributed by atoms with van der Waals surface area (Å²) >= 11 is 1.74. The van der Waals surface area contributed by atoms with Crippen LogP contribution >= 0.6 is 11.8 Å². The molecule has 1 amide bonds. The molecule has 4 nitrogen and oxygen atoms in total. The lowest BCUT2D eigenvalue weighted by atomic mass is 10.1. The average Bonchev–Trinajstić information content (AvgIpc) is 2.69. The molecule has 5 heteroatoms. The largest absolute Gasteiger partial charge is 0.497 e. The summed E-state index contributed by atoms with van der Waals surface area (Å²) < 4.78 is 5.12. The van der Waals surface area contributed by atoms with Crippen LogP contribution in [-0.2, 0) is 17.0 Å². The number of thioether (sulfide) groups is 1. The van der Waals surface area contributed by atoms with E-state index in [1.807, 2.05) is 60.8 Å². The number of nitrogens with one attached hydrogen (secondary N) is 1. The second-order valence-corrected chi connectivity index (χ2v) is 6.80. The molecule has 0 radical (unpaired) electrons. The monoisotopic (exact) mass is 364 g/mol. The molecule has 1 N–H and O–H groups in total. The summed E-state index contributed by atoms with van der Waals surface area (Å²) in [6, 6.07) is 19.4. The fraction of sp³-hybridized carbons (Fsp3) is 0.143. The molecule has 1 aromatic heterocycles. The number of rotatable bonds is 7. The normalized spacial score (nSPS) is 10.3. The van der Waals surface area contributed by atoms with Gasteiger partial charge in [-0.1, -0.05) is 18.2 Å². The quantitative estimate of drug-likeness (QED) is 0.624. The van der Waals surface area contributed by atoms with Gasteiger partial charge in [-0.05, 0) is 53.6 Å². The molecule has 0 bridgehead atoms. The Balaban J connectivity index is 1.50. The van der Waals surface area contributed by atoms with Gasteiger partial charge in [0.15, 0.2) is 0 Å². The van der Waals surface area contributed by atoms with Crippen LogP contribution in [0.5, 0.6) is 5.75 Å². The van der Waals surface area contributed by atoms with E-state index >= 15 is 0 Å². The van der Waals surface area contributed by atoms with Crippen molar-refractivity contribution < 1.29 is 9.53 Å². The number of carbonyl (C=O) groups excluding carboxylic acids is 1. The van der Waals surface area contributed by atoms with Crippen molar-refractivity contribution >= 4 is 23.4 Å². The first kappa shape index (κ1) is 18.0. The minimum absolute atomic E-state index is 0.0362. The fourth-order valence-corrected chi connectivity index (χ4v) is 3.25. The number of pyridine rings is 1. The number of benzene rings is 2. The van der Waals surface area contributed by atoms with Gasteiger partial charge in [0.1, 0.15) is 5.75 Å². The minimum atomic E-state index is -0.0362. The molecule has 132 valence electrons. The number of ether oxygens (including phenoxy) is 1. The lowest BCUT2D eigenvalue weighted by molar-refractivity contribution is -0.115. The Kier molecular flexibility index (Phi) is 6.28. The summed E-state index contributed by atoms with van der Waals surface area (Å²) in [7, 11) is 1.63. The Morgan fingerprint density at radius 3 is 2.46 bits per heavy atom. The highest BCUT2D eigenvalue weighted by molar-refractivity contribution is 7.98. The number of hydrogen-bond acceptors (Lipinski definition) is 4. The van der Waals surface area contributed by atoms with Crippen LogP contribution in [0.25, 0.3) is 0 Å². The summed E-state index contributed by atoms with van der Waals surface area (Å²) in [5.41, 5.74) is 2.94. The molecule has 0 atom stereocenters. The van der Waals surface area contributed by atoms with Crippen LogP contribution in [0, 0.1) is 0 Å². The predicted molar refractivity (Wildman–Crippen MR) is 106 cm³/mol. The van der Waals surface area contributed by atoms with Crippen LogP contribution in [0.2, 0.25) is 0 Å². The van der Waals surface area contributed by atoms with Gasteiger partial charge in [-0.2, -0.15) is 0 Å². The van der Waals surface area contributed by atoms with Gasteiger partial charge in [-0.15, -0.1) is 11.8 Å². The zero-order valence-electron chi connectivity index (χ0n) is 14.5. The molecule has 0 unspecified atom stereocenters. The van der Waals surface area contributed by atoms with Crippen molar-refractivity contribution in [1.29, 1.82) is 0 Å². The summed E-state index contributed by atoms with van der Waals surface area (Å²) in [4.78, 5) is 17.5. The van der Waals surface area contributed by atoms with E-state index in [9.17, 15) is 4.79 Å². The van der Waals surface area contributed by atoms with Gasteiger partial charge in [0.25, 0.3) is 0 Å². The summed E-state index contributed by atoms with van der Waals surface area (Å²) in [6.07, 6.45) is 3.99. The van der Waals surface area contributed by atoms with Crippen LogP contribution in [0.3, 0.4) is 0 Å². The van der Waals surface area contributed by atoms with Gasteiger partial charge in [-0.3, -0.25) is 9.78 Å². The Morgan fingerprint density at radius 2 is 1.81 bits per heavy atom. The van der Waals surface area contributed by atoms with Crippen LogP contribution in [0.4, 0.5) is 5.69 Å². The number of nitrogens with zero attached hydrogens (tertiary/aromatic N) is 1.